The molecule has 2 nitrogen and oxygen atoms in total. The smallest absolute Gasteiger partial charge is 0.119 e. The minimum Gasteiger partial charge on any atom is -0.494 e. The molecule has 0 aliphatic carbocycles. The lowest BCUT2D eigenvalue weighted by atomic mass is 10.1. The van der Waals surface area contributed by atoms with Crippen molar-refractivity contribution in [1.29, 1.82) is 0 Å². The molecule has 0 fully saturated rings. The summed E-state index contributed by atoms with van der Waals surface area (Å²) in [5, 5.41) is 3.53. The minimum absolute atomic E-state index is 0.766. The largest absolute Gasteiger partial charge is 0.494 e. The fraction of sp³-hybridized carbons (Fsp3) is 0.333. The second-order valence-electron chi connectivity index (χ2n) is 5.26. The standard InChI is InChI=1S/C18H22BrNO/c1-4-8-21-17-7-5-6-15(11-17)12-20-18-13(2)9-16(19)10-14(18)3/h5-7,9-11,20H,4,8,12H2,1-3H3. The van der Waals surface area contributed by atoms with Gasteiger partial charge in [0.15, 0.2) is 0 Å². The number of hydrogen-bond donors (Lipinski definition) is 1. The van der Waals surface area contributed by atoms with Gasteiger partial charge in [0, 0.05) is 16.7 Å². The first-order chi connectivity index (χ1) is 10.1. The van der Waals surface area contributed by atoms with Gasteiger partial charge in [-0.1, -0.05) is 35.0 Å². The highest BCUT2D eigenvalue weighted by Crippen LogP contribution is 2.26. The summed E-state index contributed by atoms with van der Waals surface area (Å²) in [4.78, 5) is 0. The number of hydrogen-bond acceptors (Lipinski definition) is 2. The zero-order valence-corrected chi connectivity index (χ0v) is 14.5. The lowest BCUT2D eigenvalue weighted by Gasteiger charge is -2.14. The first kappa shape index (κ1) is 15.9. The van der Waals surface area contributed by atoms with Crippen LogP contribution in [-0.2, 0) is 6.54 Å². The molecule has 0 amide bonds. The molecule has 2 aromatic rings. The Labute approximate surface area is 135 Å². The third-order valence-corrected chi connectivity index (χ3v) is 3.80. The molecule has 0 atom stereocenters. The summed E-state index contributed by atoms with van der Waals surface area (Å²) >= 11 is 3.53. The lowest BCUT2D eigenvalue weighted by Crippen LogP contribution is -2.03. The molecule has 0 aliphatic heterocycles. The highest BCUT2D eigenvalue weighted by atomic mass is 79.9. The summed E-state index contributed by atoms with van der Waals surface area (Å²) in [5.41, 5.74) is 4.93. The van der Waals surface area contributed by atoms with Gasteiger partial charge in [-0.15, -0.1) is 0 Å². The van der Waals surface area contributed by atoms with E-state index < -0.39 is 0 Å². The van der Waals surface area contributed by atoms with E-state index in [2.05, 4.69) is 66.3 Å². The third kappa shape index (κ3) is 4.50. The number of ether oxygens (including phenoxy) is 1. The van der Waals surface area contributed by atoms with Crippen LogP contribution in [0.25, 0.3) is 0 Å². The molecule has 112 valence electrons. The van der Waals surface area contributed by atoms with Crippen molar-refractivity contribution in [3.05, 3.63) is 57.6 Å². The Morgan fingerprint density at radius 3 is 2.48 bits per heavy atom. The van der Waals surface area contributed by atoms with Crippen molar-refractivity contribution in [1.82, 2.24) is 0 Å². The molecule has 3 heteroatoms. The van der Waals surface area contributed by atoms with Crippen LogP contribution in [0.5, 0.6) is 5.75 Å². The van der Waals surface area contributed by atoms with Crippen molar-refractivity contribution in [2.24, 2.45) is 0 Å². The van der Waals surface area contributed by atoms with E-state index in [1.807, 2.05) is 12.1 Å². The van der Waals surface area contributed by atoms with Crippen LogP contribution in [0.1, 0.15) is 30.0 Å². The average Bonchev–Trinajstić information content (AvgIpc) is 2.44. The predicted octanol–water partition coefficient (Wildman–Crippen LogP) is 5.47. The molecular weight excluding hydrogens is 326 g/mol. The van der Waals surface area contributed by atoms with Gasteiger partial charge in [-0.25, -0.2) is 0 Å². The van der Waals surface area contributed by atoms with E-state index in [4.69, 9.17) is 4.74 Å². The molecule has 2 rings (SSSR count). The van der Waals surface area contributed by atoms with Crippen LogP contribution in [-0.4, -0.2) is 6.61 Å². The highest BCUT2D eigenvalue weighted by Gasteiger charge is 2.04. The normalized spacial score (nSPS) is 10.5. The summed E-state index contributed by atoms with van der Waals surface area (Å²) in [7, 11) is 0. The Bertz CT molecular complexity index is 587. The van der Waals surface area contributed by atoms with E-state index in [1.54, 1.807) is 0 Å². The van der Waals surface area contributed by atoms with E-state index in [1.165, 1.54) is 22.4 Å². The first-order valence-corrected chi connectivity index (χ1v) is 8.12. The molecule has 0 bridgehead atoms. The van der Waals surface area contributed by atoms with Crippen LogP contribution in [0.4, 0.5) is 5.69 Å². The second-order valence-corrected chi connectivity index (χ2v) is 6.18. The zero-order valence-electron chi connectivity index (χ0n) is 12.9. The molecule has 0 spiro atoms. The number of aryl methyl sites for hydroxylation is 2. The van der Waals surface area contributed by atoms with E-state index in [0.29, 0.717) is 0 Å². The molecule has 0 saturated carbocycles. The van der Waals surface area contributed by atoms with E-state index in [0.717, 1.165) is 29.8 Å². The van der Waals surface area contributed by atoms with Crippen LogP contribution in [0, 0.1) is 13.8 Å². The van der Waals surface area contributed by atoms with Gasteiger partial charge in [-0.05, 0) is 61.2 Å². The fourth-order valence-electron chi connectivity index (χ4n) is 2.35. The van der Waals surface area contributed by atoms with Gasteiger partial charge in [0.1, 0.15) is 5.75 Å². The minimum atomic E-state index is 0.766. The van der Waals surface area contributed by atoms with Crippen molar-refractivity contribution in [2.75, 3.05) is 11.9 Å². The number of rotatable bonds is 6. The average molecular weight is 348 g/mol. The molecular formula is C18H22BrNO. The molecule has 2 aromatic carbocycles. The summed E-state index contributed by atoms with van der Waals surface area (Å²) in [6, 6.07) is 12.5. The van der Waals surface area contributed by atoms with Crippen LogP contribution < -0.4 is 10.1 Å². The van der Waals surface area contributed by atoms with Crippen LogP contribution in [0.2, 0.25) is 0 Å². The van der Waals surface area contributed by atoms with Crippen molar-refractivity contribution in [3.8, 4) is 5.75 Å². The summed E-state index contributed by atoms with van der Waals surface area (Å²) in [6.45, 7) is 7.93. The molecule has 21 heavy (non-hydrogen) atoms. The Morgan fingerprint density at radius 1 is 1.10 bits per heavy atom. The van der Waals surface area contributed by atoms with Crippen molar-refractivity contribution in [2.45, 2.75) is 33.7 Å². The molecule has 0 heterocycles. The predicted molar refractivity (Wildman–Crippen MR) is 93.2 cm³/mol. The van der Waals surface area contributed by atoms with Crippen LogP contribution in [0.3, 0.4) is 0 Å². The maximum absolute atomic E-state index is 5.68. The number of nitrogens with one attached hydrogen (secondary N) is 1. The number of benzene rings is 2. The summed E-state index contributed by atoms with van der Waals surface area (Å²) in [6.07, 6.45) is 1.03. The van der Waals surface area contributed by atoms with Crippen LogP contribution >= 0.6 is 15.9 Å². The molecule has 0 unspecified atom stereocenters. The summed E-state index contributed by atoms with van der Waals surface area (Å²) < 4.78 is 6.80. The lowest BCUT2D eigenvalue weighted by molar-refractivity contribution is 0.317. The Hall–Kier alpha value is -1.48. The molecule has 0 aliphatic rings. The Kier molecular flexibility index (Phi) is 5.68. The summed E-state index contributed by atoms with van der Waals surface area (Å²) in [5.74, 6) is 0.945. The van der Waals surface area contributed by atoms with Gasteiger partial charge in [0.05, 0.1) is 6.61 Å². The topological polar surface area (TPSA) is 21.3 Å². The Balaban J connectivity index is 2.06. The highest BCUT2D eigenvalue weighted by molar-refractivity contribution is 9.10. The van der Waals surface area contributed by atoms with Crippen molar-refractivity contribution < 1.29 is 4.74 Å². The maximum atomic E-state index is 5.68. The first-order valence-electron chi connectivity index (χ1n) is 7.32. The van der Waals surface area contributed by atoms with Gasteiger partial charge in [-0.2, -0.15) is 0 Å². The maximum Gasteiger partial charge on any atom is 0.119 e. The number of halogens is 1. The van der Waals surface area contributed by atoms with Gasteiger partial charge < -0.3 is 10.1 Å². The van der Waals surface area contributed by atoms with Crippen LogP contribution in [0.15, 0.2) is 40.9 Å². The van der Waals surface area contributed by atoms with E-state index >= 15 is 0 Å². The molecule has 0 saturated heterocycles. The quantitative estimate of drug-likeness (QED) is 0.748. The molecule has 1 N–H and O–H groups in total. The van der Waals surface area contributed by atoms with Gasteiger partial charge in [0.25, 0.3) is 0 Å². The molecule has 0 aromatic heterocycles. The third-order valence-electron chi connectivity index (χ3n) is 3.34. The van der Waals surface area contributed by atoms with Gasteiger partial charge in [-0.3, -0.25) is 0 Å². The van der Waals surface area contributed by atoms with Crippen molar-refractivity contribution >= 4 is 21.6 Å². The zero-order chi connectivity index (χ0) is 15.2. The van der Waals surface area contributed by atoms with E-state index in [9.17, 15) is 0 Å². The fourth-order valence-corrected chi connectivity index (χ4v) is 3.03. The molecule has 0 radical (unpaired) electrons. The van der Waals surface area contributed by atoms with Gasteiger partial charge in [0.2, 0.25) is 0 Å². The SMILES string of the molecule is CCCOc1cccc(CNc2c(C)cc(Br)cc2C)c1. The number of anilines is 1. The van der Waals surface area contributed by atoms with E-state index in [-0.39, 0.29) is 0 Å². The monoisotopic (exact) mass is 347 g/mol. The Morgan fingerprint density at radius 2 is 1.81 bits per heavy atom. The van der Waals surface area contributed by atoms with Crippen molar-refractivity contribution in [3.63, 3.8) is 0 Å². The van der Waals surface area contributed by atoms with Gasteiger partial charge >= 0.3 is 0 Å². The second kappa shape index (κ2) is 7.51.